The van der Waals surface area contributed by atoms with Crippen molar-refractivity contribution in [3.8, 4) is 0 Å². The molecule has 4 heteroatoms. The highest BCUT2D eigenvalue weighted by Gasteiger charge is 2.05. The third-order valence-corrected chi connectivity index (χ3v) is 2.15. The summed E-state index contributed by atoms with van der Waals surface area (Å²) in [4.78, 5) is 4.20. The molecule has 1 aromatic carbocycles. The van der Waals surface area contributed by atoms with Gasteiger partial charge >= 0.3 is 0 Å². The van der Waals surface area contributed by atoms with E-state index in [1.165, 1.54) is 0 Å². The zero-order valence-electron chi connectivity index (χ0n) is 8.34. The van der Waals surface area contributed by atoms with Crippen molar-refractivity contribution in [3.63, 3.8) is 0 Å². The first-order valence-corrected chi connectivity index (χ1v) is 4.84. The number of hydrazine groups is 1. The lowest BCUT2D eigenvalue weighted by atomic mass is 10.1. The minimum atomic E-state index is 0.623. The van der Waals surface area contributed by atoms with Gasteiger partial charge in [0, 0.05) is 12.1 Å². The second kappa shape index (κ2) is 4.98. The number of nitrogens with two attached hydrogens (primary N) is 1. The fraction of sp³-hybridized carbons (Fsp3) is 0.300. The number of hydrogen-bond acceptors (Lipinski definition) is 2. The van der Waals surface area contributed by atoms with E-state index in [-0.39, 0.29) is 0 Å². The Kier molecular flexibility index (Phi) is 3.92. The van der Waals surface area contributed by atoms with E-state index in [2.05, 4.69) is 10.4 Å². The van der Waals surface area contributed by atoms with Gasteiger partial charge in [-0.05, 0) is 31.5 Å². The maximum absolute atomic E-state index is 6.06. The zero-order chi connectivity index (χ0) is 10.6. The van der Waals surface area contributed by atoms with Crippen molar-refractivity contribution in [1.82, 2.24) is 5.43 Å². The first-order valence-electron chi connectivity index (χ1n) is 4.46. The molecule has 0 spiro atoms. The van der Waals surface area contributed by atoms with Gasteiger partial charge in [-0.15, -0.1) is 0 Å². The van der Waals surface area contributed by atoms with Gasteiger partial charge in [0.15, 0.2) is 0 Å². The molecule has 3 nitrogen and oxygen atoms in total. The summed E-state index contributed by atoms with van der Waals surface area (Å²) in [6, 6.07) is 5.77. The van der Waals surface area contributed by atoms with Gasteiger partial charge in [0.25, 0.3) is 0 Å². The van der Waals surface area contributed by atoms with Crippen LogP contribution in [0.25, 0.3) is 0 Å². The van der Waals surface area contributed by atoms with Gasteiger partial charge in [0.1, 0.15) is 5.84 Å². The Morgan fingerprint density at radius 3 is 2.79 bits per heavy atom. The fourth-order valence-corrected chi connectivity index (χ4v) is 1.50. The van der Waals surface area contributed by atoms with Crippen LogP contribution in [0.2, 0.25) is 5.02 Å². The summed E-state index contributed by atoms with van der Waals surface area (Å²) in [6.45, 7) is 4.60. The topological polar surface area (TPSA) is 50.4 Å². The maximum atomic E-state index is 6.06. The molecule has 0 aliphatic rings. The van der Waals surface area contributed by atoms with Crippen LogP contribution in [0.5, 0.6) is 0 Å². The van der Waals surface area contributed by atoms with Crippen LogP contribution in [-0.4, -0.2) is 12.4 Å². The third-order valence-electron chi connectivity index (χ3n) is 1.83. The largest absolute Gasteiger partial charge is 0.308 e. The Bertz CT molecular complexity index is 347. The number of nitrogens with zero attached hydrogens (tertiary/aromatic N) is 1. The first kappa shape index (κ1) is 11.0. The van der Waals surface area contributed by atoms with Crippen molar-refractivity contribution in [3.05, 3.63) is 34.3 Å². The summed E-state index contributed by atoms with van der Waals surface area (Å²) in [7, 11) is 0. The fourth-order valence-electron chi connectivity index (χ4n) is 1.18. The molecule has 3 N–H and O–H groups in total. The van der Waals surface area contributed by atoms with Gasteiger partial charge in [0.05, 0.1) is 5.02 Å². The van der Waals surface area contributed by atoms with Crippen LogP contribution in [0, 0.1) is 6.92 Å². The van der Waals surface area contributed by atoms with E-state index < -0.39 is 0 Å². The van der Waals surface area contributed by atoms with Crippen LogP contribution >= 0.6 is 11.6 Å². The Labute approximate surface area is 88.9 Å². The molecule has 0 saturated carbocycles. The lowest BCUT2D eigenvalue weighted by Crippen LogP contribution is -2.31. The minimum Gasteiger partial charge on any atom is -0.308 e. The molecule has 0 unspecified atom stereocenters. The molecule has 0 aromatic heterocycles. The normalized spacial score (nSPS) is 11.6. The molecular formula is C10H14ClN3. The summed E-state index contributed by atoms with van der Waals surface area (Å²) >= 11 is 6.06. The molecule has 14 heavy (non-hydrogen) atoms. The predicted molar refractivity (Wildman–Crippen MR) is 60.6 cm³/mol. The molecule has 0 radical (unpaired) electrons. The SMILES string of the molecule is CCN=C(NN)c1ccc(C)cc1Cl. The highest BCUT2D eigenvalue weighted by molar-refractivity contribution is 6.34. The second-order valence-electron chi connectivity index (χ2n) is 2.95. The van der Waals surface area contributed by atoms with Gasteiger partial charge < -0.3 is 5.43 Å². The van der Waals surface area contributed by atoms with Crippen LogP contribution in [0.15, 0.2) is 23.2 Å². The Morgan fingerprint density at radius 2 is 2.29 bits per heavy atom. The van der Waals surface area contributed by atoms with E-state index >= 15 is 0 Å². The van der Waals surface area contributed by atoms with Crippen molar-refractivity contribution < 1.29 is 0 Å². The van der Waals surface area contributed by atoms with E-state index in [1.807, 2.05) is 32.0 Å². The van der Waals surface area contributed by atoms with Crippen molar-refractivity contribution in [2.24, 2.45) is 10.8 Å². The summed E-state index contributed by atoms with van der Waals surface area (Å²) in [5.74, 6) is 5.98. The lowest BCUT2D eigenvalue weighted by Gasteiger charge is -2.07. The summed E-state index contributed by atoms with van der Waals surface area (Å²) < 4.78 is 0. The molecular weight excluding hydrogens is 198 g/mol. The summed E-state index contributed by atoms with van der Waals surface area (Å²) in [5.41, 5.74) is 4.50. The van der Waals surface area contributed by atoms with Crippen LogP contribution in [-0.2, 0) is 0 Å². The van der Waals surface area contributed by atoms with Crippen LogP contribution < -0.4 is 11.3 Å². The van der Waals surface area contributed by atoms with Gasteiger partial charge in [-0.3, -0.25) is 4.99 Å². The minimum absolute atomic E-state index is 0.623. The monoisotopic (exact) mass is 211 g/mol. The second-order valence-corrected chi connectivity index (χ2v) is 3.36. The van der Waals surface area contributed by atoms with E-state index in [9.17, 15) is 0 Å². The Hall–Kier alpha value is -1.06. The zero-order valence-corrected chi connectivity index (χ0v) is 9.10. The first-order chi connectivity index (χ1) is 6.69. The smallest absolute Gasteiger partial charge is 0.144 e. The predicted octanol–water partition coefficient (Wildman–Crippen LogP) is 1.88. The van der Waals surface area contributed by atoms with Crippen LogP contribution in [0.4, 0.5) is 0 Å². The van der Waals surface area contributed by atoms with Crippen molar-refractivity contribution >= 4 is 17.4 Å². The van der Waals surface area contributed by atoms with Crippen LogP contribution in [0.1, 0.15) is 18.1 Å². The van der Waals surface area contributed by atoms with Gasteiger partial charge in [-0.25, -0.2) is 5.84 Å². The Morgan fingerprint density at radius 1 is 1.57 bits per heavy atom. The molecule has 0 aliphatic heterocycles. The number of benzene rings is 1. The number of amidine groups is 1. The molecule has 76 valence electrons. The molecule has 1 aromatic rings. The maximum Gasteiger partial charge on any atom is 0.144 e. The quantitative estimate of drug-likeness (QED) is 0.340. The molecule has 0 atom stereocenters. The average molecular weight is 212 g/mol. The average Bonchev–Trinajstić information content (AvgIpc) is 2.15. The number of hydrogen-bond donors (Lipinski definition) is 2. The summed E-state index contributed by atoms with van der Waals surface area (Å²) in [5, 5.41) is 0.662. The van der Waals surface area contributed by atoms with Gasteiger partial charge in [-0.2, -0.15) is 0 Å². The highest BCUT2D eigenvalue weighted by atomic mass is 35.5. The standard InChI is InChI=1S/C10H14ClN3/c1-3-13-10(14-12)8-5-4-7(2)6-9(8)11/h4-6H,3,12H2,1-2H3,(H,13,14). The molecule has 0 saturated heterocycles. The van der Waals surface area contributed by atoms with Crippen molar-refractivity contribution in [2.45, 2.75) is 13.8 Å². The molecule has 0 bridgehead atoms. The van der Waals surface area contributed by atoms with Gasteiger partial charge in [-0.1, -0.05) is 17.7 Å². The van der Waals surface area contributed by atoms with E-state index in [0.29, 0.717) is 17.4 Å². The van der Waals surface area contributed by atoms with Crippen molar-refractivity contribution in [2.75, 3.05) is 6.54 Å². The molecule has 0 fully saturated rings. The summed E-state index contributed by atoms with van der Waals surface area (Å²) in [6.07, 6.45) is 0. The molecule has 1 rings (SSSR count). The Balaban J connectivity index is 3.11. The third kappa shape index (κ3) is 2.47. The van der Waals surface area contributed by atoms with E-state index in [1.54, 1.807) is 0 Å². The van der Waals surface area contributed by atoms with Crippen molar-refractivity contribution in [1.29, 1.82) is 0 Å². The number of halogens is 1. The van der Waals surface area contributed by atoms with Gasteiger partial charge in [0.2, 0.25) is 0 Å². The van der Waals surface area contributed by atoms with E-state index in [0.717, 1.165) is 11.1 Å². The molecule has 0 heterocycles. The number of nitrogens with one attached hydrogen (secondary N) is 1. The number of rotatable bonds is 2. The van der Waals surface area contributed by atoms with Crippen LogP contribution in [0.3, 0.4) is 0 Å². The molecule has 0 aliphatic carbocycles. The van der Waals surface area contributed by atoms with E-state index in [4.69, 9.17) is 17.4 Å². The number of aliphatic imine (C=N–C) groups is 1. The number of aryl methyl sites for hydroxylation is 1. The lowest BCUT2D eigenvalue weighted by molar-refractivity contribution is 0.991. The highest BCUT2D eigenvalue weighted by Crippen LogP contribution is 2.17. The molecule has 0 amide bonds.